The van der Waals surface area contributed by atoms with E-state index in [0.29, 0.717) is 6.10 Å². The molecule has 1 saturated carbocycles. The Hall–Kier alpha value is -0.820. The molecule has 0 radical (unpaired) electrons. The van der Waals surface area contributed by atoms with Crippen molar-refractivity contribution in [3.05, 3.63) is 35.9 Å². The lowest BCUT2D eigenvalue weighted by atomic mass is 9.74. The van der Waals surface area contributed by atoms with Crippen molar-refractivity contribution in [1.82, 2.24) is 0 Å². The first-order valence-electron chi connectivity index (χ1n) is 6.60. The molecular formula is C15H20O. The molecule has 0 N–H and O–H groups in total. The molecule has 1 aromatic carbocycles. The van der Waals surface area contributed by atoms with Crippen LogP contribution in [0.1, 0.15) is 43.8 Å². The van der Waals surface area contributed by atoms with Gasteiger partial charge < -0.3 is 4.74 Å². The summed E-state index contributed by atoms with van der Waals surface area (Å²) < 4.78 is 6.03. The van der Waals surface area contributed by atoms with Gasteiger partial charge in [-0.25, -0.2) is 0 Å². The molecule has 1 aromatic rings. The molecule has 0 amide bonds. The van der Waals surface area contributed by atoms with Crippen LogP contribution in [0.5, 0.6) is 0 Å². The van der Waals surface area contributed by atoms with E-state index in [0.717, 1.165) is 18.4 Å². The highest BCUT2D eigenvalue weighted by Crippen LogP contribution is 2.41. The average Bonchev–Trinajstić information content (AvgIpc) is 2.39. The lowest BCUT2D eigenvalue weighted by molar-refractivity contribution is -0.0612. The fourth-order valence-corrected chi connectivity index (χ4v) is 3.30. The molecule has 1 aliphatic carbocycles. The first-order chi connectivity index (χ1) is 7.93. The fourth-order valence-electron chi connectivity index (χ4n) is 3.30. The molecule has 86 valence electrons. The van der Waals surface area contributed by atoms with Crippen LogP contribution in [0.15, 0.2) is 30.3 Å². The Morgan fingerprint density at radius 1 is 0.938 bits per heavy atom. The van der Waals surface area contributed by atoms with E-state index < -0.39 is 0 Å². The molecule has 0 spiro atoms. The summed E-state index contributed by atoms with van der Waals surface area (Å²) in [5.74, 6) is 1.78. The molecule has 1 aliphatic heterocycles. The van der Waals surface area contributed by atoms with E-state index >= 15 is 0 Å². The van der Waals surface area contributed by atoms with Crippen molar-refractivity contribution >= 4 is 0 Å². The highest BCUT2D eigenvalue weighted by atomic mass is 16.5. The molecule has 0 unspecified atom stereocenters. The Labute approximate surface area is 97.8 Å². The Morgan fingerprint density at radius 3 is 2.50 bits per heavy atom. The van der Waals surface area contributed by atoms with Crippen molar-refractivity contribution in [2.24, 2.45) is 11.8 Å². The molecule has 1 heterocycles. The van der Waals surface area contributed by atoms with Crippen molar-refractivity contribution in [2.75, 3.05) is 6.61 Å². The maximum absolute atomic E-state index is 6.03. The van der Waals surface area contributed by atoms with E-state index in [1.807, 2.05) is 0 Å². The second kappa shape index (κ2) is 4.58. The number of benzene rings is 1. The monoisotopic (exact) mass is 216 g/mol. The van der Waals surface area contributed by atoms with E-state index in [1.165, 1.54) is 37.7 Å². The largest absolute Gasteiger partial charge is 0.373 e. The number of ether oxygens (including phenoxy) is 1. The molecule has 2 aliphatic rings. The first-order valence-corrected chi connectivity index (χ1v) is 6.60. The predicted octanol–water partition coefficient (Wildman–Crippen LogP) is 3.95. The molecule has 2 fully saturated rings. The Morgan fingerprint density at radius 2 is 1.69 bits per heavy atom. The van der Waals surface area contributed by atoms with E-state index in [9.17, 15) is 0 Å². The molecular weight excluding hydrogens is 196 g/mol. The van der Waals surface area contributed by atoms with E-state index in [2.05, 4.69) is 30.3 Å². The van der Waals surface area contributed by atoms with Crippen molar-refractivity contribution in [2.45, 2.75) is 38.2 Å². The highest BCUT2D eigenvalue weighted by Gasteiger charge is 2.33. The van der Waals surface area contributed by atoms with Crippen molar-refractivity contribution in [3.8, 4) is 0 Å². The minimum absolute atomic E-state index is 0.362. The van der Waals surface area contributed by atoms with Crippen LogP contribution in [0.3, 0.4) is 0 Å². The Bertz CT molecular complexity index is 333. The average molecular weight is 216 g/mol. The summed E-state index contributed by atoms with van der Waals surface area (Å²) in [6, 6.07) is 10.7. The topological polar surface area (TPSA) is 9.23 Å². The number of hydrogen-bond donors (Lipinski definition) is 0. The molecule has 1 nitrogen and oxygen atoms in total. The second-order valence-electron chi connectivity index (χ2n) is 5.27. The second-order valence-corrected chi connectivity index (χ2v) is 5.27. The third-order valence-electron chi connectivity index (χ3n) is 4.27. The standard InChI is InChI=1S/C15H20O/c1-2-6-12(7-3-1)15-10-13-8-4-5-9-14(13)11-16-15/h1-3,6-7,13-15H,4-5,8-11H2/t13-,14+,15-/m1/s1. The third kappa shape index (κ3) is 2.01. The van der Waals surface area contributed by atoms with Crippen molar-refractivity contribution in [3.63, 3.8) is 0 Å². The number of rotatable bonds is 1. The fraction of sp³-hybridized carbons (Fsp3) is 0.600. The zero-order valence-corrected chi connectivity index (χ0v) is 9.77. The van der Waals surface area contributed by atoms with Gasteiger partial charge in [0.2, 0.25) is 0 Å². The molecule has 0 bridgehead atoms. The zero-order valence-electron chi connectivity index (χ0n) is 9.77. The van der Waals surface area contributed by atoms with Crippen LogP contribution in [-0.4, -0.2) is 6.61 Å². The number of fused-ring (bicyclic) bond motifs is 1. The lowest BCUT2D eigenvalue weighted by Crippen LogP contribution is -2.31. The van der Waals surface area contributed by atoms with Crippen LogP contribution < -0.4 is 0 Å². The van der Waals surface area contributed by atoms with Crippen molar-refractivity contribution in [1.29, 1.82) is 0 Å². The molecule has 1 saturated heterocycles. The summed E-state index contributed by atoms with van der Waals surface area (Å²) in [6.45, 7) is 0.990. The lowest BCUT2D eigenvalue weighted by Gasteiger charge is -2.39. The SMILES string of the molecule is c1ccc([C@H]2C[C@H]3CCCC[C@H]3CO2)cc1. The number of hydrogen-bond acceptors (Lipinski definition) is 1. The zero-order chi connectivity index (χ0) is 10.8. The Kier molecular flexibility index (Phi) is 2.96. The van der Waals surface area contributed by atoms with Gasteiger partial charge in [-0.2, -0.15) is 0 Å². The van der Waals surface area contributed by atoms with Gasteiger partial charge >= 0.3 is 0 Å². The highest BCUT2D eigenvalue weighted by molar-refractivity contribution is 5.18. The van der Waals surface area contributed by atoms with Gasteiger partial charge in [0.15, 0.2) is 0 Å². The molecule has 0 aromatic heterocycles. The summed E-state index contributed by atoms with van der Waals surface area (Å²) >= 11 is 0. The third-order valence-corrected chi connectivity index (χ3v) is 4.27. The van der Waals surface area contributed by atoms with Crippen LogP contribution in [-0.2, 0) is 4.74 Å². The van der Waals surface area contributed by atoms with Gasteiger partial charge in [0.25, 0.3) is 0 Å². The van der Waals surface area contributed by atoms with Crippen molar-refractivity contribution < 1.29 is 4.74 Å². The minimum Gasteiger partial charge on any atom is -0.373 e. The maximum Gasteiger partial charge on any atom is 0.0827 e. The first kappa shape index (κ1) is 10.3. The van der Waals surface area contributed by atoms with E-state index in [-0.39, 0.29) is 0 Å². The molecule has 16 heavy (non-hydrogen) atoms. The smallest absolute Gasteiger partial charge is 0.0827 e. The summed E-state index contributed by atoms with van der Waals surface area (Å²) in [7, 11) is 0. The summed E-state index contributed by atoms with van der Waals surface area (Å²) in [6.07, 6.45) is 7.28. The summed E-state index contributed by atoms with van der Waals surface area (Å²) in [5, 5.41) is 0. The van der Waals surface area contributed by atoms with Crippen LogP contribution in [0, 0.1) is 11.8 Å². The van der Waals surface area contributed by atoms with Gasteiger partial charge in [0.1, 0.15) is 0 Å². The van der Waals surface area contributed by atoms with Gasteiger partial charge in [-0.05, 0) is 36.7 Å². The van der Waals surface area contributed by atoms with Gasteiger partial charge in [-0.3, -0.25) is 0 Å². The van der Waals surface area contributed by atoms with Crippen LogP contribution in [0.2, 0.25) is 0 Å². The van der Waals surface area contributed by atoms with E-state index in [1.54, 1.807) is 0 Å². The molecule has 1 heteroatoms. The van der Waals surface area contributed by atoms with Crippen LogP contribution in [0.4, 0.5) is 0 Å². The quantitative estimate of drug-likeness (QED) is 0.690. The molecule has 3 atom stereocenters. The van der Waals surface area contributed by atoms with Gasteiger partial charge in [-0.1, -0.05) is 43.2 Å². The predicted molar refractivity (Wildman–Crippen MR) is 65.2 cm³/mol. The van der Waals surface area contributed by atoms with E-state index in [4.69, 9.17) is 4.74 Å². The maximum atomic E-state index is 6.03. The van der Waals surface area contributed by atoms with Crippen LogP contribution >= 0.6 is 0 Å². The molecule has 3 rings (SSSR count). The minimum atomic E-state index is 0.362. The van der Waals surface area contributed by atoms with Gasteiger partial charge in [0, 0.05) is 0 Å². The summed E-state index contributed by atoms with van der Waals surface area (Å²) in [4.78, 5) is 0. The summed E-state index contributed by atoms with van der Waals surface area (Å²) in [5.41, 5.74) is 1.37. The normalized spacial score (nSPS) is 34.4. The Balaban J connectivity index is 1.71. The van der Waals surface area contributed by atoms with Gasteiger partial charge in [0.05, 0.1) is 12.7 Å². The van der Waals surface area contributed by atoms with Crippen LogP contribution in [0.25, 0.3) is 0 Å². The van der Waals surface area contributed by atoms with Gasteiger partial charge in [-0.15, -0.1) is 0 Å².